The smallest absolute Gasteiger partial charge is 0.141 e. The van der Waals surface area contributed by atoms with Crippen LogP contribution in [0.25, 0.3) is 33.2 Å². The van der Waals surface area contributed by atoms with E-state index in [1.54, 1.807) is 13.8 Å². The molecule has 0 aliphatic carbocycles. The van der Waals surface area contributed by atoms with E-state index < -0.39 is 5.60 Å². The Balaban J connectivity index is 1.75. The highest BCUT2D eigenvalue weighted by Gasteiger charge is 2.36. The van der Waals surface area contributed by atoms with E-state index >= 15 is 0 Å². The first-order chi connectivity index (χ1) is 18.2. The summed E-state index contributed by atoms with van der Waals surface area (Å²) in [4.78, 5) is 9.92. The predicted octanol–water partition coefficient (Wildman–Crippen LogP) is 5.14. The van der Waals surface area contributed by atoms with Crippen molar-refractivity contribution in [3.05, 3.63) is 59.0 Å². The average Bonchev–Trinajstić information content (AvgIpc) is 3.52. The number of fused-ring (bicyclic) bond motifs is 3. The van der Waals surface area contributed by atoms with Crippen LogP contribution in [0, 0.1) is 26.7 Å². The van der Waals surface area contributed by atoms with E-state index in [1.165, 1.54) is 0 Å². The molecule has 1 aliphatic rings. The van der Waals surface area contributed by atoms with Crippen molar-refractivity contribution in [1.29, 1.82) is 0 Å². The van der Waals surface area contributed by atoms with Gasteiger partial charge < -0.3 is 18.9 Å². The van der Waals surface area contributed by atoms with E-state index in [4.69, 9.17) is 24.3 Å². The number of hydrogen-bond donors (Lipinski definition) is 1. The van der Waals surface area contributed by atoms with Crippen LogP contribution in [0.2, 0.25) is 0 Å². The molecule has 9 nitrogen and oxygen atoms in total. The Bertz CT molecular complexity index is 1630. The number of aromatic nitrogens is 6. The molecule has 9 heteroatoms. The highest BCUT2D eigenvalue weighted by Crippen LogP contribution is 2.44. The molecule has 1 saturated heterocycles. The second kappa shape index (κ2) is 9.03. The quantitative estimate of drug-likeness (QED) is 0.346. The van der Waals surface area contributed by atoms with Gasteiger partial charge in [-0.1, -0.05) is 11.2 Å². The van der Waals surface area contributed by atoms with Crippen molar-refractivity contribution in [2.75, 3.05) is 13.2 Å². The molecule has 1 atom stereocenters. The van der Waals surface area contributed by atoms with Crippen LogP contribution in [0.1, 0.15) is 61.1 Å². The molecule has 1 fully saturated rings. The monoisotopic (exact) mass is 514 g/mol. The third-order valence-corrected chi connectivity index (χ3v) is 7.84. The summed E-state index contributed by atoms with van der Waals surface area (Å²) in [6, 6.07) is 6.18. The molecule has 0 spiro atoms. The molecule has 0 bridgehead atoms. The molecule has 1 N–H and O–H groups in total. The summed E-state index contributed by atoms with van der Waals surface area (Å²) in [5.41, 5.74) is 7.93. The fourth-order valence-electron chi connectivity index (χ4n) is 6.07. The molecule has 5 aromatic heterocycles. The zero-order valence-electron chi connectivity index (χ0n) is 22.8. The normalized spacial score (nSPS) is 16.1. The molecule has 38 heavy (non-hydrogen) atoms. The Labute approximate surface area is 221 Å². The maximum atomic E-state index is 11.3. The van der Waals surface area contributed by atoms with Crippen molar-refractivity contribution < 1.29 is 14.4 Å². The SMILES string of the molecule is Cc1cccnc1[C@H](C1CCOCC1)n1c2cc(-c3c(C)noc3C)cnc2c2c1c(C(C)(C)O)nn2C. The summed E-state index contributed by atoms with van der Waals surface area (Å²) < 4.78 is 15.4. The fraction of sp³-hybridized carbons (Fsp3) is 0.448. The molecular weight excluding hydrogens is 480 g/mol. The van der Waals surface area contributed by atoms with E-state index in [9.17, 15) is 5.11 Å². The van der Waals surface area contributed by atoms with Crippen LogP contribution in [0.15, 0.2) is 35.1 Å². The van der Waals surface area contributed by atoms with Crippen molar-refractivity contribution in [3.8, 4) is 11.1 Å². The number of rotatable bonds is 5. The minimum Gasteiger partial charge on any atom is -0.384 e. The minimum atomic E-state index is -1.16. The largest absolute Gasteiger partial charge is 0.384 e. The Hall–Kier alpha value is -3.56. The molecule has 6 heterocycles. The van der Waals surface area contributed by atoms with Gasteiger partial charge in [-0.05, 0) is 71.1 Å². The molecule has 6 rings (SSSR count). The van der Waals surface area contributed by atoms with Crippen LogP contribution < -0.4 is 0 Å². The zero-order valence-corrected chi connectivity index (χ0v) is 22.8. The molecule has 1 aliphatic heterocycles. The van der Waals surface area contributed by atoms with E-state index in [0.29, 0.717) is 18.9 Å². The Morgan fingerprint density at radius 2 is 1.87 bits per heavy atom. The van der Waals surface area contributed by atoms with Gasteiger partial charge in [0.1, 0.15) is 28.1 Å². The lowest BCUT2D eigenvalue weighted by Crippen LogP contribution is -2.29. The van der Waals surface area contributed by atoms with Gasteiger partial charge in [-0.2, -0.15) is 5.10 Å². The van der Waals surface area contributed by atoms with Gasteiger partial charge in [-0.15, -0.1) is 0 Å². The predicted molar refractivity (Wildman–Crippen MR) is 145 cm³/mol. The summed E-state index contributed by atoms with van der Waals surface area (Å²) >= 11 is 0. The van der Waals surface area contributed by atoms with Gasteiger partial charge in [0.25, 0.3) is 0 Å². The second-order valence-corrected chi connectivity index (χ2v) is 11.0. The van der Waals surface area contributed by atoms with Crippen molar-refractivity contribution in [2.24, 2.45) is 13.0 Å². The van der Waals surface area contributed by atoms with Crippen LogP contribution in [0.5, 0.6) is 0 Å². The van der Waals surface area contributed by atoms with Crippen LogP contribution >= 0.6 is 0 Å². The molecule has 0 saturated carbocycles. The molecule has 0 unspecified atom stereocenters. The number of ether oxygens (including phenoxy) is 1. The van der Waals surface area contributed by atoms with Crippen molar-refractivity contribution in [1.82, 2.24) is 29.5 Å². The minimum absolute atomic E-state index is 0.0906. The third-order valence-electron chi connectivity index (χ3n) is 7.84. The lowest BCUT2D eigenvalue weighted by molar-refractivity contribution is 0.0542. The number of aryl methyl sites for hydroxylation is 4. The van der Waals surface area contributed by atoms with Crippen LogP contribution in [0.3, 0.4) is 0 Å². The summed E-state index contributed by atoms with van der Waals surface area (Å²) in [7, 11) is 1.92. The summed E-state index contributed by atoms with van der Waals surface area (Å²) in [5, 5.41) is 20.3. The first kappa shape index (κ1) is 24.8. The zero-order chi connectivity index (χ0) is 26.8. The number of pyridine rings is 2. The van der Waals surface area contributed by atoms with Crippen molar-refractivity contribution >= 4 is 22.1 Å². The van der Waals surface area contributed by atoms with Gasteiger partial charge in [-0.3, -0.25) is 14.6 Å². The van der Waals surface area contributed by atoms with Gasteiger partial charge in [0.05, 0.1) is 28.5 Å². The topological polar surface area (TPSA) is 104 Å². The molecule has 198 valence electrons. The van der Waals surface area contributed by atoms with Crippen LogP contribution in [-0.4, -0.2) is 47.8 Å². The first-order valence-corrected chi connectivity index (χ1v) is 13.2. The van der Waals surface area contributed by atoms with Gasteiger partial charge in [0.15, 0.2) is 0 Å². The number of hydrogen-bond acceptors (Lipinski definition) is 7. The molecule has 5 aromatic rings. The molecule has 0 radical (unpaired) electrons. The summed E-state index contributed by atoms with van der Waals surface area (Å²) in [5.74, 6) is 1.04. The fourth-order valence-corrected chi connectivity index (χ4v) is 6.07. The third kappa shape index (κ3) is 3.84. The molecule has 0 aromatic carbocycles. The summed E-state index contributed by atoms with van der Waals surface area (Å²) in [6.45, 7) is 11.0. The maximum Gasteiger partial charge on any atom is 0.141 e. The lowest BCUT2D eigenvalue weighted by Gasteiger charge is -2.33. The Morgan fingerprint density at radius 1 is 1.11 bits per heavy atom. The van der Waals surface area contributed by atoms with Crippen LogP contribution in [-0.2, 0) is 17.4 Å². The van der Waals surface area contributed by atoms with Gasteiger partial charge in [0.2, 0.25) is 0 Å². The maximum absolute atomic E-state index is 11.3. The average molecular weight is 515 g/mol. The standard InChI is InChI=1S/C29H34N6O3/c1-16-8-7-11-30-23(16)25(19-9-12-37-13-10-19)35-21-14-20(22-17(2)33-38-18(22)3)15-31-24(21)26-27(35)28(29(4,5)36)32-34(26)6/h7-8,11,14-15,19,25,36H,9-10,12-13H2,1-6H3/t25-/m0/s1. The van der Waals surface area contributed by atoms with E-state index in [1.807, 2.05) is 44.0 Å². The van der Waals surface area contributed by atoms with Gasteiger partial charge in [-0.25, -0.2) is 0 Å². The van der Waals surface area contributed by atoms with Crippen molar-refractivity contribution in [3.63, 3.8) is 0 Å². The number of aliphatic hydroxyl groups is 1. The van der Waals surface area contributed by atoms with Gasteiger partial charge in [0, 0.05) is 43.8 Å². The van der Waals surface area contributed by atoms with Crippen molar-refractivity contribution in [2.45, 2.75) is 59.1 Å². The summed E-state index contributed by atoms with van der Waals surface area (Å²) in [6.07, 6.45) is 5.57. The Kier molecular flexibility index (Phi) is 5.88. The number of nitrogens with zero attached hydrogens (tertiary/aromatic N) is 6. The molecule has 0 amide bonds. The highest BCUT2D eigenvalue weighted by molar-refractivity contribution is 6.06. The second-order valence-electron chi connectivity index (χ2n) is 11.0. The van der Waals surface area contributed by atoms with Crippen LogP contribution in [0.4, 0.5) is 0 Å². The molecular formula is C29H34N6O3. The van der Waals surface area contributed by atoms with Gasteiger partial charge >= 0.3 is 0 Å². The lowest BCUT2D eigenvalue weighted by atomic mass is 9.87. The Morgan fingerprint density at radius 3 is 2.53 bits per heavy atom. The van der Waals surface area contributed by atoms with E-state index in [-0.39, 0.29) is 12.0 Å². The van der Waals surface area contributed by atoms with E-state index in [2.05, 4.69) is 28.8 Å². The van der Waals surface area contributed by atoms with E-state index in [0.717, 1.165) is 68.7 Å². The highest BCUT2D eigenvalue weighted by atomic mass is 16.5. The first-order valence-electron chi connectivity index (χ1n) is 13.2.